The molecule has 0 fully saturated rings. The second-order valence-corrected chi connectivity index (χ2v) is 5.16. The highest BCUT2D eigenvalue weighted by Gasteiger charge is 2.17. The van der Waals surface area contributed by atoms with Crippen LogP contribution in [-0.4, -0.2) is 33.4 Å². The van der Waals surface area contributed by atoms with Crippen molar-refractivity contribution in [3.8, 4) is 5.69 Å². The smallest absolute Gasteiger partial charge is 0.273 e. The van der Waals surface area contributed by atoms with Crippen LogP contribution in [0.5, 0.6) is 0 Å². The van der Waals surface area contributed by atoms with E-state index in [9.17, 15) is 9.18 Å². The standard InChI is InChI=1S/C13H13BrFN3O2/c1-8(7-19)16-13(20)12-11(14)6-18(17-12)10-4-2-9(15)3-5-10/h2-6,8,19H,7H2,1H3,(H,16,20). The first kappa shape index (κ1) is 14.7. The Morgan fingerprint density at radius 2 is 2.15 bits per heavy atom. The molecule has 1 unspecified atom stereocenters. The summed E-state index contributed by atoms with van der Waals surface area (Å²) in [6.07, 6.45) is 1.62. The molecule has 0 radical (unpaired) electrons. The zero-order chi connectivity index (χ0) is 14.7. The Labute approximate surface area is 123 Å². The summed E-state index contributed by atoms with van der Waals surface area (Å²) in [7, 11) is 0. The van der Waals surface area contributed by atoms with Crippen molar-refractivity contribution < 1.29 is 14.3 Å². The number of aliphatic hydroxyl groups is 1. The molecule has 1 amide bonds. The van der Waals surface area contributed by atoms with Gasteiger partial charge in [0.05, 0.1) is 16.8 Å². The number of nitrogens with zero attached hydrogens (tertiary/aromatic N) is 2. The van der Waals surface area contributed by atoms with Crippen LogP contribution in [0.1, 0.15) is 17.4 Å². The summed E-state index contributed by atoms with van der Waals surface area (Å²) < 4.78 is 14.9. The predicted molar refractivity (Wildman–Crippen MR) is 75.2 cm³/mol. The van der Waals surface area contributed by atoms with E-state index in [0.717, 1.165) is 0 Å². The van der Waals surface area contributed by atoms with E-state index in [-0.39, 0.29) is 30.1 Å². The number of amides is 1. The first-order valence-electron chi connectivity index (χ1n) is 5.94. The van der Waals surface area contributed by atoms with Crippen LogP contribution in [0.4, 0.5) is 4.39 Å². The maximum atomic E-state index is 12.9. The van der Waals surface area contributed by atoms with Gasteiger partial charge in [-0.05, 0) is 47.1 Å². The van der Waals surface area contributed by atoms with Gasteiger partial charge in [0.15, 0.2) is 5.69 Å². The van der Waals surface area contributed by atoms with Gasteiger partial charge in [0.1, 0.15) is 5.82 Å². The van der Waals surface area contributed by atoms with Gasteiger partial charge in [0, 0.05) is 12.2 Å². The van der Waals surface area contributed by atoms with Crippen LogP contribution >= 0.6 is 15.9 Å². The molecule has 0 aliphatic rings. The summed E-state index contributed by atoms with van der Waals surface area (Å²) in [6.45, 7) is 1.53. The number of carbonyl (C=O) groups excluding carboxylic acids is 1. The summed E-state index contributed by atoms with van der Waals surface area (Å²) in [5, 5.41) is 15.7. The first-order valence-corrected chi connectivity index (χ1v) is 6.73. The zero-order valence-electron chi connectivity index (χ0n) is 10.7. The van der Waals surface area contributed by atoms with E-state index in [2.05, 4.69) is 26.3 Å². The highest BCUT2D eigenvalue weighted by atomic mass is 79.9. The molecule has 20 heavy (non-hydrogen) atoms. The van der Waals surface area contributed by atoms with Crippen LogP contribution in [-0.2, 0) is 0 Å². The number of halogens is 2. The van der Waals surface area contributed by atoms with E-state index in [4.69, 9.17) is 5.11 Å². The van der Waals surface area contributed by atoms with Crippen molar-refractivity contribution in [2.75, 3.05) is 6.61 Å². The minimum absolute atomic E-state index is 0.151. The molecule has 1 atom stereocenters. The van der Waals surface area contributed by atoms with Gasteiger partial charge < -0.3 is 10.4 Å². The van der Waals surface area contributed by atoms with Crippen LogP contribution < -0.4 is 5.32 Å². The number of benzene rings is 1. The van der Waals surface area contributed by atoms with Gasteiger partial charge in [-0.1, -0.05) is 0 Å². The molecule has 0 aliphatic heterocycles. The fourth-order valence-corrected chi connectivity index (χ4v) is 2.02. The largest absolute Gasteiger partial charge is 0.394 e. The number of nitrogens with one attached hydrogen (secondary N) is 1. The van der Waals surface area contributed by atoms with Crippen LogP contribution in [0.25, 0.3) is 5.69 Å². The lowest BCUT2D eigenvalue weighted by Crippen LogP contribution is -2.35. The molecular weight excluding hydrogens is 329 g/mol. The van der Waals surface area contributed by atoms with Crippen molar-refractivity contribution in [3.63, 3.8) is 0 Å². The molecule has 1 aromatic heterocycles. The molecule has 2 aromatic rings. The number of hydrogen-bond acceptors (Lipinski definition) is 3. The fourth-order valence-electron chi connectivity index (χ4n) is 1.57. The first-order chi connectivity index (χ1) is 9.51. The topological polar surface area (TPSA) is 67.2 Å². The minimum Gasteiger partial charge on any atom is -0.394 e. The third-order valence-electron chi connectivity index (χ3n) is 2.63. The van der Waals surface area contributed by atoms with Crippen molar-refractivity contribution in [3.05, 3.63) is 46.4 Å². The van der Waals surface area contributed by atoms with E-state index < -0.39 is 0 Å². The SMILES string of the molecule is CC(CO)NC(=O)c1nn(-c2ccc(F)cc2)cc1Br. The molecule has 1 heterocycles. The quantitative estimate of drug-likeness (QED) is 0.892. The predicted octanol–water partition coefficient (Wildman–Crippen LogP) is 1.88. The minimum atomic E-state index is -0.390. The summed E-state index contributed by atoms with van der Waals surface area (Å²) in [4.78, 5) is 11.9. The van der Waals surface area contributed by atoms with Crippen LogP contribution in [0.3, 0.4) is 0 Å². The average molecular weight is 342 g/mol. The number of aliphatic hydroxyl groups excluding tert-OH is 1. The van der Waals surface area contributed by atoms with E-state index in [1.165, 1.54) is 16.8 Å². The summed E-state index contributed by atoms with van der Waals surface area (Å²) in [5.74, 6) is -0.728. The molecule has 1 aromatic carbocycles. The van der Waals surface area contributed by atoms with E-state index in [0.29, 0.717) is 10.2 Å². The molecule has 0 saturated carbocycles. The summed E-state index contributed by atoms with van der Waals surface area (Å²) >= 11 is 3.26. The lowest BCUT2D eigenvalue weighted by atomic mass is 10.3. The van der Waals surface area contributed by atoms with Gasteiger partial charge in [-0.2, -0.15) is 5.10 Å². The van der Waals surface area contributed by atoms with Crippen LogP contribution in [0.15, 0.2) is 34.9 Å². The molecule has 2 rings (SSSR count). The van der Waals surface area contributed by atoms with Gasteiger partial charge in [-0.25, -0.2) is 9.07 Å². The van der Waals surface area contributed by atoms with Crippen molar-refractivity contribution in [1.29, 1.82) is 0 Å². The molecular formula is C13H13BrFN3O2. The van der Waals surface area contributed by atoms with E-state index in [1.54, 1.807) is 25.3 Å². The van der Waals surface area contributed by atoms with Gasteiger partial charge in [-0.3, -0.25) is 4.79 Å². The Morgan fingerprint density at radius 3 is 2.75 bits per heavy atom. The van der Waals surface area contributed by atoms with Crippen molar-refractivity contribution in [2.24, 2.45) is 0 Å². The number of carbonyl (C=O) groups is 1. The molecule has 106 valence electrons. The highest BCUT2D eigenvalue weighted by molar-refractivity contribution is 9.10. The molecule has 0 saturated heterocycles. The van der Waals surface area contributed by atoms with Gasteiger partial charge in [0.2, 0.25) is 0 Å². The second kappa shape index (κ2) is 6.15. The van der Waals surface area contributed by atoms with Gasteiger partial charge >= 0.3 is 0 Å². The normalized spacial score (nSPS) is 12.2. The maximum absolute atomic E-state index is 12.9. The molecule has 5 nitrogen and oxygen atoms in total. The lowest BCUT2D eigenvalue weighted by molar-refractivity contribution is 0.0916. The fraction of sp³-hybridized carbons (Fsp3) is 0.231. The van der Waals surface area contributed by atoms with Gasteiger partial charge in [0.25, 0.3) is 5.91 Å². The summed E-state index contributed by atoms with van der Waals surface area (Å²) in [6, 6.07) is 5.40. The Balaban J connectivity index is 2.25. The zero-order valence-corrected chi connectivity index (χ0v) is 12.3. The third-order valence-corrected chi connectivity index (χ3v) is 3.21. The molecule has 0 spiro atoms. The van der Waals surface area contributed by atoms with Crippen molar-refractivity contribution in [2.45, 2.75) is 13.0 Å². The molecule has 0 aliphatic carbocycles. The summed E-state index contributed by atoms with van der Waals surface area (Å²) in [5.41, 5.74) is 0.844. The second-order valence-electron chi connectivity index (χ2n) is 4.30. The van der Waals surface area contributed by atoms with E-state index in [1.807, 2.05) is 0 Å². The Hall–Kier alpha value is -1.73. The van der Waals surface area contributed by atoms with Crippen LogP contribution in [0, 0.1) is 5.82 Å². The number of rotatable bonds is 4. The van der Waals surface area contributed by atoms with Crippen LogP contribution in [0.2, 0.25) is 0 Å². The lowest BCUT2D eigenvalue weighted by Gasteiger charge is -2.09. The molecule has 7 heteroatoms. The number of hydrogen-bond donors (Lipinski definition) is 2. The number of aromatic nitrogens is 2. The molecule has 2 N–H and O–H groups in total. The van der Waals surface area contributed by atoms with Gasteiger partial charge in [-0.15, -0.1) is 0 Å². The monoisotopic (exact) mass is 341 g/mol. The highest BCUT2D eigenvalue weighted by Crippen LogP contribution is 2.18. The Bertz CT molecular complexity index is 613. The van der Waals surface area contributed by atoms with Crippen molar-refractivity contribution >= 4 is 21.8 Å². The average Bonchev–Trinajstić information content (AvgIpc) is 2.81. The Morgan fingerprint density at radius 1 is 1.50 bits per heavy atom. The van der Waals surface area contributed by atoms with Crippen molar-refractivity contribution in [1.82, 2.24) is 15.1 Å². The van der Waals surface area contributed by atoms with E-state index >= 15 is 0 Å². The third kappa shape index (κ3) is 3.23. The maximum Gasteiger partial charge on any atom is 0.273 e. The molecule has 0 bridgehead atoms. The Kier molecular flexibility index (Phi) is 4.51.